The number of carbonyl (C=O) groups excluding carboxylic acids is 1. The molecule has 1 amide bonds. The lowest BCUT2D eigenvalue weighted by Crippen LogP contribution is -2.46. The number of amides is 1. The van der Waals surface area contributed by atoms with Crippen LogP contribution in [0.2, 0.25) is 0 Å². The lowest BCUT2D eigenvalue weighted by molar-refractivity contribution is -0.116. The SMILES string of the molecule is O=C(CC1CS(=O)(=O)CCN1)Nc1ccc(Br)cc1Br. The van der Waals surface area contributed by atoms with Gasteiger partial charge in [0, 0.05) is 28.0 Å². The number of nitrogens with one attached hydrogen (secondary N) is 2. The lowest BCUT2D eigenvalue weighted by Gasteiger charge is -2.23. The van der Waals surface area contributed by atoms with Gasteiger partial charge in [-0.2, -0.15) is 0 Å². The van der Waals surface area contributed by atoms with E-state index in [1.165, 1.54) is 0 Å². The molecule has 0 spiro atoms. The second-order valence-corrected chi connectivity index (χ2v) is 8.64. The second-order valence-electron chi connectivity index (χ2n) is 4.64. The molecule has 0 bridgehead atoms. The highest BCUT2D eigenvalue weighted by molar-refractivity contribution is 9.11. The number of anilines is 1. The van der Waals surface area contributed by atoms with Crippen molar-refractivity contribution >= 4 is 53.3 Å². The van der Waals surface area contributed by atoms with Crippen LogP contribution >= 0.6 is 31.9 Å². The molecule has 0 aromatic heterocycles. The Bertz CT molecular complexity index is 619. The number of hydrogen-bond acceptors (Lipinski definition) is 4. The Morgan fingerprint density at radius 1 is 1.40 bits per heavy atom. The average molecular weight is 426 g/mol. The minimum atomic E-state index is -3.02. The van der Waals surface area contributed by atoms with Crippen LogP contribution in [-0.4, -0.2) is 38.4 Å². The van der Waals surface area contributed by atoms with Gasteiger partial charge in [0.15, 0.2) is 9.84 Å². The maximum absolute atomic E-state index is 12.0. The molecule has 1 heterocycles. The highest BCUT2D eigenvalue weighted by Gasteiger charge is 2.26. The summed E-state index contributed by atoms with van der Waals surface area (Å²) in [5, 5.41) is 5.83. The van der Waals surface area contributed by atoms with Gasteiger partial charge >= 0.3 is 0 Å². The van der Waals surface area contributed by atoms with Crippen molar-refractivity contribution in [1.29, 1.82) is 0 Å². The van der Waals surface area contributed by atoms with E-state index >= 15 is 0 Å². The quantitative estimate of drug-likeness (QED) is 0.775. The summed E-state index contributed by atoms with van der Waals surface area (Å²) >= 11 is 6.70. The van der Waals surface area contributed by atoms with Gasteiger partial charge < -0.3 is 10.6 Å². The van der Waals surface area contributed by atoms with Gasteiger partial charge in [-0.15, -0.1) is 0 Å². The number of rotatable bonds is 3. The van der Waals surface area contributed by atoms with E-state index in [1.54, 1.807) is 6.07 Å². The van der Waals surface area contributed by atoms with E-state index in [0.29, 0.717) is 12.2 Å². The van der Waals surface area contributed by atoms with Crippen molar-refractivity contribution in [3.8, 4) is 0 Å². The zero-order valence-electron chi connectivity index (χ0n) is 10.5. The summed E-state index contributed by atoms with van der Waals surface area (Å²) in [6.07, 6.45) is 0.141. The van der Waals surface area contributed by atoms with Crippen molar-refractivity contribution in [3.05, 3.63) is 27.1 Å². The van der Waals surface area contributed by atoms with Crippen LogP contribution in [0.15, 0.2) is 27.1 Å². The monoisotopic (exact) mass is 424 g/mol. The fourth-order valence-electron chi connectivity index (χ4n) is 2.01. The van der Waals surface area contributed by atoms with Crippen LogP contribution in [0.4, 0.5) is 5.69 Å². The van der Waals surface area contributed by atoms with Gasteiger partial charge in [-0.3, -0.25) is 4.79 Å². The summed E-state index contributed by atoms with van der Waals surface area (Å²) in [5.41, 5.74) is 0.664. The summed E-state index contributed by atoms with van der Waals surface area (Å²) in [5.74, 6) is -0.0479. The van der Waals surface area contributed by atoms with Crippen LogP contribution in [0.25, 0.3) is 0 Å². The topological polar surface area (TPSA) is 75.3 Å². The van der Waals surface area contributed by atoms with Crippen molar-refractivity contribution in [1.82, 2.24) is 5.32 Å². The first-order valence-corrected chi connectivity index (χ1v) is 9.45. The molecule has 110 valence electrons. The molecular weight excluding hydrogens is 412 g/mol. The summed E-state index contributed by atoms with van der Waals surface area (Å²) in [4.78, 5) is 12.0. The highest BCUT2D eigenvalue weighted by Crippen LogP contribution is 2.26. The number of hydrogen-bond donors (Lipinski definition) is 2. The molecule has 20 heavy (non-hydrogen) atoms. The Labute approximate surface area is 134 Å². The van der Waals surface area contributed by atoms with Gasteiger partial charge in [0.25, 0.3) is 0 Å². The van der Waals surface area contributed by atoms with Crippen LogP contribution in [0, 0.1) is 0 Å². The molecule has 0 aliphatic carbocycles. The van der Waals surface area contributed by atoms with E-state index < -0.39 is 9.84 Å². The predicted molar refractivity (Wildman–Crippen MR) is 85.5 cm³/mol. The van der Waals surface area contributed by atoms with Crippen LogP contribution < -0.4 is 10.6 Å². The van der Waals surface area contributed by atoms with Crippen molar-refractivity contribution in [3.63, 3.8) is 0 Å². The number of benzene rings is 1. The molecular formula is C12H14Br2N2O3S. The Kier molecular flexibility index (Phi) is 5.22. The molecule has 0 radical (unpaired) electrons. The van der Waals surface area contributed by atoms with Crippen molar-refractivity contribution in [2.75, 3.05) is 23.4 Å². The Balaban J connectivity index is 1.95. The van der Waals surface area contributed by atoms with Crippen LogP contribution in [0.1, 0.15) is 6.42 Å². The Morgan fingerprint density at radius 2 is 2.15 bits per heavy atom. The first kappa shape index (κ1) is 15.9. The summed E-state index contributed by atoms with van der Waals surface area (Å²) in [7, 11) is -3.02. The second kappa shape index (κ2) is 6.55. The minimum absolute atomic E-state index is 0.0158. The van der Waals surface area contributed by atoms with E-state index in [0.717, 1.165) is 8.95 Å². The summed E-state index contributed by atoms with van der Waals surface area (Å²) in [6.45, 7) is 0.405. The molecule has 1 aromatic carbocycles. The van der Waals surface area contributed by atoms with E-state index in [-0.39, 0.29) is 29.9 Å². The Morgan fingerprint density at radius 3 is 2.80 bits per heavy atom. The normalized spacial score (nSPS) is 21.4. The van der Waals surface area contributed by atoms with Gasteiger partial charge in [0.05, 0.1) is 17.2 Å². The van der Waals surface area contributed by atoms with E-state index in [2.05, 4.69) is 42.5 Å². The third kappa shape index (κ3) is 4.54. The average Bonchev–Trinajstić information content (AvgIpc) is 2.31. The zero-order valence-corrected chi connectivity index (χ0v) is 14.5. The van der Waals surface area contributed by atoms with Gasteiger partial charge in [0.2, 0.25) is 5.91 Å². The third-order valence-electron chi connectivity index (χ3n) is 2.94. The molecule has 1 unspecified atom stereocenters. The van der Waals surface area contributed by atoms with E-state index in [4.69, 9.17) is 0 Å². The van der Waals surface area contributed by atoms with E-state index in [1.807, 2.05) is 12.1 Å². The van der Waals surface area contributed by atoms with Gasteiger partial charge in [-0.1, -0.05) is 15.9 Å². The molecule has 1 aliphatic heterocycles. The molecule has 0 saturated carbocycles. The fraction of sp³-hybridized carbons (Fsp3) is 0.417. The maximum Gasteiger partial charge on any atom is 0.226 e. The molecule has 1 aliphatic rings. The van der Waals surface area contributed by atoms with Crippen LogP contribution in [0.3, 0.4) is 0 Å². The van der Waals surface area contributed by atoms with Crippen LogP contribution in [0.5, 0.6) is 0 Å². The minimum Gasteiger partial charge on any atom is -0.325 e. The molecule has 1 fully saturated rings. The maximum atomic E-state index is 12.0. The molecule has 1 atom stereocenters. The Hall–Kier alpha value is -0.440. The number of sulfone groups is 1. The molecule has 8 heteroatoms. The number of halogens is 2. The molecule has 1 saturated heterocycles. The molecule has 2 rings (SSSR count). The molecule has 1 aromatic rings. The van der Waals surface area contributed by atoms with Crippen molar-refractivity contribution in [2.45, 2.75) is 12.5 Å². The summed E-state index contributed by atoms with van der Waals surface area (Å²) in [6, 6.07) is 5.11. The largest absolute Gasteiger partial charge is 0.325 e. The predicted octanol–water partition coefficient (Wildman–Crippen LogP) is 1.93. The van der Waals surface area contributed by atoms with Gasteiger partial charge in [-0.25, -0.2) is 8.42 Å². The molecule has 2 N–H and O–H groups in total. The van der Waals surface area contributed by atoms with Crippen molar-refractivity contribution in [2.24, 2.45) is 0 Å². The van der Waals surface area contributed by atoms with Crippen LogP contribution in [-0.2, 0) is 14.6 Å². The van der Waals surface area contributed by atoms with Gasteiger partial charge in [-0.05, 0) is 34.1 Å². The molecule has 5 nitrogen and oxygen atoms in total. The standard InChI is InChI=1S/C12H14Br2N2O3S/c13-8-1-2-11(10(14)5-8)16-12(17)6-9-7-20(18,19)4-3-15-9/h1-2,5,9,15H,3-4,6-7H2,(H,16,17). The highest BCUT2D eigenvalue weighted by atomic mass is 79.9. The fourth-order valence-corrected chi connectivity index (χ4v) is 4.60. The first-order chi connectivity index (χ1) is 9.35. The smallest absolute Gasteiger partial charge is 0.226 e. The number of carbonyl (C=O) groups is 1. The van der Waals surface area contributed by atoms with Crippen molar-refractivity contribution < 1.29 is 13.2 Å². The first-order valence-electron chi connectivity index (χ1n) is 6.04. The van der Waals surface area contributed by atoms with E-state index in [9.17, 15) is 13.2 Å². The third-order valence-corrected chi connectivity index (χ3v) is 5.82. The van der Waals surface area contributed by atoms with Gasteiger partial charge in [0.1, 0.15) is 0 Å². The zero-order chi connectivity index (χ0) is 14.8. The lowest BCUT2D eigenvalue weighted by atomic mass is 10.2. The summed E-state index contributed by atoms with van der Waals surface area (Å²) < 4.78 is 24.7.